The highest BCUT2D eigenvalue weighted by Crippen LogP contribution is 2.25. The molecule has 0 aromatic heterocycles. The lowest BCUT2D eigenvalue weighted by atomic mass is 10.0. The summed E-state index contributed by atoms with van der Waals surface area (Å²) in [7, 11) is 0. The first-order valence-electron chi connectivity index (χ1n) is 5.78. The fourth-order valence-electron chi connectivity index (χ4n) is 1.73. The summed E-state index contributed by atoms with van der Waals surface area (Å²) in [5, 5.41) is 3.19. The Balaban J connectivity index is 3.03. The molecule has 96 valence electrons. The Morgan fingerprint density at radius 3 is 2.65 bits per heavy atom. The van der Waals surface area contributed by atoms with Crippen LogP contribution in [0.2, 0.25) is 0 Å². The van der Waals surface area contributed by atoms with Gasteiger partial charge in [-0.3, -0.25) is 0 Å². The van der Waals surface area contributed by atoms with Crippen molar-refractivity contribution in [2.45, 2.75) is 26.3 Å². The number of aryl methyl sites for hydroxylation is 1. The van der Waals surface area contributed by atoms with Crippen molar-refractivity contribution in [3.8, 4) is 0 Å². The van der Waals surface area contributed by atoms with E-state index in [-0.39, 0.29) is 11.6 Å². The van der Waals surface area contributed by atoms with Gasteiger partial charge < -0.3 is 5.32 Å². The summed E-state index contributed by atoms with van der Waals surface area (Å²) in [5.41, 5.74) is 0.665. The summed E-state index contributed by atoms with van der Waals surface area (Å²) in [4.78, 5) is 0. The standard InChI is InChI=1S/C13H19F2NS/c1-4-7-16-11(8-17-3)12-10(14)6-5-9(2)13(12)15/h5-6,11,16H,4,7-8H2,1-3H3. The highest BCUT2D eigenvalue weighted by Gasteiger charge is 2.20. The Hall–Kier alpha value is -0.610. The van der Waals surface area contributed by atoms with Crippen molar-refractivity contribution in [1.29, 1.82) is 0 Å². The van der Waals surface area contributed by atoms with E-state index in [1.54, 1.807) is 18.7 Å². The van der Waals surface area contributed by atoms with Crippen LogP contribution < -0.4 is 5.32 Å². The van der Waals surface area contributed by atoms with E-state index in [2.05, 4.69) is 5.32 Å². The lowest BCUT2D eigenvalue weighted by molar-refractivity contribution is 0.488. The number of thioether (sulfide) groups is 1. The Kier molecular flexibility index (Phi) is 5.92. The number of benzene rings is 1. The van der Waals surface area contributed by atoms with Crippen LogP contribution in [0.15, 0.2) is 12.1 Å². The van der Waals surface area contributed by atoms with Crippen LogP contribution >= 0.6 is 11.8 Å². The van der Waals surface area contributed by atoms with Crippen molar-refractivity contribution in [2.75, 3.05) is 18.6 Å². The van der Waals surface area contributed by atoms with Gasteiger partial charge in [-0.2, -0.15) is 11.8 Å². The molecule has 1 N–H and O–H groups in total. The highest BCUT2D eigenvalue weighted by molar-refractivity contribution is 7.98. The number of hydrogen-bond donors (Lipinski definition) is 1. The largest absolute Gasteiger partial charge is 0.309 e. The van der Waals surface area contributed by atoms with Crippen LogP contribution in [0.1, 0.15) is 30.5 Å². The summed E-state index contributed by atoms with van der Waals surface area (Å²) >= 11 is 1.58. The summed E-state index contributed by atoms with van der Waals surface area (Å²) in [6.45, 7) is 4.46. The van der Waals surface area contributed by atoms with E-state index in [9.17, 15) is 8.78 Å². The first-order valence-corrected chi connectivity index (χ1v) is 7.18. The fourth-order valence-corrected chi connectivity index (χ4v) is 2.35. The molecular weight excluding hydrogens is 240 g/mol. The highest BCUT2D eigenvalue weighted by atomic mass is 32.2. The molecule has 0 radical (unpaired) electrons. The zero-order valence-corrected chi connectivity index (χ0v) is 11.3. The third-order valence-corrected chi connectivity index (χ3v) is 3.31. The molecule has 0 fully saturated rings. The quantitative estimate of drug-likeness (QED) is 0.836. The molecule has 1 unspecified atom stereocenters. The van der Waals surface area contributed by atoms with Crippen molar-refractivity contribution < 1.29 is 8.78 Å². The predicted molar refractivity (Wildman–Crippen MR) is 70.5 cm³/mol. The maximum atomic E-state index is 14.0. The zero-order chi connectivity index (χ0) is 12.8. The Labute approximate surface area is 106 Å². The van der Waals surface area contributed by atoms with Crippen LogP contribution in [0, 0.1) is 18.6 Å². The molecule has 0 spiro atoms. The van der Waals surface area contributed by atoms with Gasteiger partial charge in [0.25, 0.3) is 0 Å². The molecule has 0 aliphatic carbocycles. The molecule has 1 nitrogen and oxygen atoms in total. The Bertz CT molecular complexity index is 369. The van der Waals surface area contributed by atoms with Gasteiger partial charge in [-0.1, -0.05) is 13.0 Å². The smallest absolute Gasteiger partial charge is 0.133 e. The van der Waals surface area contributed by atoms with Crippen LogP contribution in [0.25, 0.3) is 0 Å². The van der Waals surface area contributed by atoms with Gasteiger partial charge in [-0.15, -0.1) is 0 Å². The normalized spacial score (nSPS) is 12.8. The molecule has 0 bridgehead atoms. The van der Waals surface area contributed by atoms with E-state index in [4.69, 9.17) is 0 Å². The van der Waals surface area contributed by atoms with Gasteiger partial charge >= 0.3 is 0 Å². The number of hydrogen-bond acceptors (Lipinski definition) is 2. The van der Waals surface area contributed by atoms with Gasteiger partial charge in [0.05, 0.1) is 0 Å². The van der Waals surface area contributed by atoms with Gasteiger partial charge in [0.1, 0.15) is 11.6 Å². The van der Waals surface area contributed by atoms with Crippen LogP contribution in [-0.2, 0) is 0 Å². The van der Waals surface area contributed by atoms with Crippen LogP contribution in [0.3, 0.4) is 0 Å². The molecule has 4 heteroatoms. The first-order chi connectivity index (χ1) is 8.11. The molecule has 1 aromatic carbocycles. The molecular formula is C13H19F2NS. The monoisotopic (exact) mass is 259 g/mol. The average molecular weight is 259 g/mol. The van der Waals surface area contributed by atoms with Crippen LogP contribution in [-0.4, -0.2) is 18.6 Å². The van der Waals surface area contributed by atoms with Gasteiger partial charge in [0, 0.05) is 17.4 Å². The van der Waals surface area contributed by atoms with Crippen molar-refractivity contribution in [1.82, 2.24) is 5.32 Å². The van der Waals surface area contributed by atoms with Crippen LogP contribution in [0.4, 0.5) is 8.78 Å². The van der Waals surface area contributed by atoms with Crippen molar-refractivity contribution in [2.24, 2.45) is 0 Å². The molecule has 0 saturated heterocycles. The van der Waals surface area contributed by atoms with Crippen molar-refractivity contribution in [3.63, 3.8) is 0 Å². The third kappa shape index (κ3) is 3.68. The number of rotatable bonds is 6. The zero-order valence-electron chi connectivity index (χ0n) is 10.5. The topological polar surface area (TPSA) is 12.0 Å². The minimum atomic E-state index is -0.462. The average Bonchev–Trinajstić information content (AvgIpc) is 2.31. The fraction of sp³-hybridized carbons (Fsp3) is 0.538. The molecule has 17 heavy (non-hydrogen) atoms. The number of nitrogens with one attached hydrogen (secondary N) is 1. The second-order valence-corrected chi connectivity index (χ2v) is 4.96. The molecule has 0 amide bonds. The maximum absolute atomic E-state index is 14.0. The van der Waals surface area contributed by atoms with Crippen LogP contribution in [0.5, 0.6) is 0 Å². The lowest BCUT2D eigenvalue weighted by Gasteiger charge is -2.20. The molecule has 0 aliphatic rings. The molecule has 0 aliphatic heterocycles. The lowest BCUT2D eigenvalue weighted by Crippen LogP contribution is -2.26. The molecule has 1 rings (SSSR count). The van der Waals surface area contributed by atoms with E-state index in [1.807, 2.05) is 13.2 Å². The van der Waals surface area contributed by atoms with E-state index in [1.165, 1.54) is 12.1 Å². The molecule has 1 atom stereocenters. The maximum Gasteiger partial charge on any atom is 0.133 e. The Morgan fingerprint density at radius 1 is 1.35 bits per heavy atom. The Morgan fingerprint density at radius 2 is 2.06 bits per heavy atom. The SMILES string of the molecule is CCCNC(CSC)c1c(F)ccc(C)c1F. The molecule has 0 heterocycles. The summed E-state index contributed by atoms with van der Waals surface area (Å²) in [6.07, 6.45) is 2.88. The molecule has 0 saturated carbocycles. The minimum absolute atomic E-state index is 0.174. The van der Waals surface area contributed by atoms with E-state index in [0.29, 0.717) is 11.3 Å². The molecule has 1 aromatic rings. The van der Waals surface area contributed by atoms with Gasteiger partial charge in [-0.25, -0.2) is 8.78 Å². The van der Waals surface area contributed by atoms with Crippen molar-refractivity contribution in [3.05, 3.63) is 34.9 Å². The van der Waals surface area contributed by atoms with Gasteiger partial charge in [0.15, 0.2) is 0 Å². The predicted octanol–water partition coefficient (Wildman–Crippen LogP) is 3.68. The minimum Gasteiger partial charge on any atom is -0.309 e. The van der Waals surface area contributed by atoms with Gasteiger partial charge in [0.2, 0.25) is 0 Å². The van der Waals surface area contributed by atoms with Gasteiger partial charge in [-0.05, 0) is 37.8 Å². The van der Waals surface area contributed by atoms with E-state index < -0.39 is 11.6 Å². The van der Waals surface area contributed by atoms with Crippen molar-refractivity contribution >= 4 is 11.8 Å². The second-order valence-electron chi connectivity index (χ2n) is 4.05. The van der Waals surface area contributed by atoms with E-state index in [0.717, 1.165) is 13.0 Å². The summed E-state index contributed by atoms with van der Waals surface area (Å²) in [5.74, 6) is -0.222. The second kappa shape index (κ2) is 6.97. The summed E-state index contributed by atoms with van der Waals surface area (Å²) < 4.78 is 27.7. The first kappa shape index (κ1) is 14.5. The van der Waals surface area contributed by atoms with E-state index >= 15 is 0 Å². The summed E-state index contributed by atoms with van der Waals surface area (Å²) in [6, 6.07) is 2.56. The number of halogens is 2. The third-order valence-electron chi connectivity index (χ3n) is 2.64.